The van der Waals surface area contributed by atoms with E-state index >= 15 is 0 Å². The molecule has 0 fully saturated rings. The molecule has 0 saturated heterocycles. The number of hydrogen-bond acceptors (Lipinski definition) is 3. The molecule has 1 aromatic heterocycles. The molecule has 4 nitrogen and oxygen atoms in total. The Balaban J connectivity index is 1.89. The number of aromatic nitrogens is 2. The second-order valence-electron chi connectivity index (χ2n) is 4.10. The van der Waals surface area contributed by atoms with Crippen molar-refractivity contribution >= 4 is 0 Å². The first-order chi connectivity index (χ1) is 8.34. The van der Waals surface area contributed by atoms with Crippen LogP contribution in [0.4, 0.5) is 0 Å². The first-order valence-corrected chi connectivity index (χ1v) is 5.58. The summed E-state index contributed by atoms with van der Waals surface area (Å²) >= 11 is 0. The van der Waals surface area contributed by atoms with E-state index in [4.69, 9.17) is 4.74 Å². The number of rotatable bonds is 2. The number of nitrogens with zero attached hydrogens (tertiary/aromatic N) is 2. The maximum atomic E-state index is 11.5. The van der Waals surface area contributed by atoms with Crippen molar-refractivity contribution < 1.29 is 4.74 Å². The van der Waals surface area contributed by atoms with Crippen molar-refractivity contribution in [3.63, 3.8) is 0 Å². The van der Waals surface area contributed by atoms with Gasteiger partial charge in [0.2, 0.25) is 0 Å². The zero-order chi connectivity index (χ0) is 11.7. The topological polar surface area (TPSA) is 44.1 Å². The Morgan fingerprint density at radius 1 is 1.35 bits per heavy atom. The molecule has 2 aromatic rings. The van der Waals surface area contributed by atoms with Crippen molar-refractivity contribution in [3.05, 3.63) is 58.8 Å². The molecule has 0 aliphatic carbocycles. The van der Waals surface area contributed by atoms with Crippen molar-refractivity contribution in [1.29, 1.82) is 0 Å². The number of ether oxygens (including phenoxy) is 1. The smallest absolute Gasteiger partial charge is 0.347 e. The van der Waals surface area contributed by atoms with Crippen LogP contribution in [0.1, 0.15) is 11.5 Å². The van der Waals surface area contributed by atoms with Crippen molar-refractivity contribution in [2.75, 3.05) is 6.61 Å². The Hall–Kier alpha value is -2.10. The molecule has 1 aromatic carbocycles. The molecule has 0 saturated carbocycles. The van der Waals surface area contributed by atoms with E-state index in [1.807, 2.05) is 18.2 Å². The van der Waals surface area contributed by atoms with E-state index in [9.17, 15) is 4.79 Å². The maximum Gasteiger partial charge on any atom is 0.347 e. The quantitative estimate of drug-likeness (QED) is 0.780. The summed E-state index contributed by atoms with van der Waals surface area (Å²) in [5, 5.41) is 0. The largest absolute Gasteiger partial charge is 0.493 e. The molecular formula is C13H12N2O2. The molecule has 86 valence electrons. The van der Waals surface area contributed by atoms with Gasteiger partial charge in [-0.25, -0.2) is 9.78 Å². The van der Waals surface area contributed by atoms with Gasteiger partial charge in [0, 0.05) is 30.4 Å². The summed E-state index contributed by atoms with van der Waals surface area (Å²) in [6.07, 6.45) is 3.27. The van der Waals surface area contributed by atoms with Gasteiger partial charge in [-0.3, -0.25) is 4.57 Å². The van der Waals surface area contributed by atoms with Gasteiger partial charge in [-0.2, -0.15) is 0 Å². The summed E-state index contributed by atoms with van der Waals surface area (Å²) in [4.78, 5) is 15.3. The lowest BCUT2D eigenvalue weighted by atomic mass is 10.0. The lowest BCUT2D eigenvalue weighted by Gasteiger charge is -2.10. The number of para-hydroxylation sites is 1. The molecule has 1 atom stereocenters. The fourth-order valence-corrected chi connectivity index (χ4v) is 2.14. The van der Waals surface area contributed by atoms with Gasteiger partial charge in [0.05, 0.1) is 6.61 Å². The Morgan fingerprint density at radius 2 is 2.24 bits per heavy atom. The van der Waals surface area contributed by atoms with E-state index in [2.05, 4.69) is 11.1 Å². The van der Waals surface area contributed by atoms with Crippen LogP contribution in [0.2, 0.25) is 0 Å². The minimum atomic E-state index is -0.211. The predicted molar refractivity (Wildman–Crippen MR) is 63.2 cm³/mol. The molecule has 4 heteroatoms. The van der Waals surface area contributed by atoms with Crippen LogP contribution in [-0.2, 0) is 6.54 Å². The minimum absolute atomic E-state index is 0.211. The van der Waals surface area contributed by atoms with Crippen LogP contribution in [0.5, 0.6) is 5.75 Å². The Kier molecular flexibility index (Phi) is 2.40. The SMILES string of the molecule is O=c1ncccn1CC1COc2ccccc21. The monoisotopic (exact) mass is 228 g/mol. The van der Waals surface area contributed by atoms with E-state index < -0.39 is 0 Å². The van der Waals surface area contributed by atoms with Gasteiger partial charge < -0.3 is 4.74 Å². The molecule has 0 bridgehead atoms. The third-order valence-corrected chi connectivity index (χ3v) is 3.00. The Labute approximate surface area is 98.5 Å². The number of benzene rings is 1. The van der Waals surface area contributed by atoms with Crippen molar-refractivity contribution in [2.45, 2.75) is 12.5 Å². The predicted octanol–water partition coefficient (Wildman–Crippen LogP) is 1.42. The molecule has 0 radical (unpaired) electrons. The lowest BCUT2D eigenvalue weighted by Crippen LogP contribution is -2.24. The standard InChI is InChI=1S/C13H12N2O2/c16-13-14-6-3-7-15(13)8-10-9-17-12-5-2-1-4-11(10)12/h1-7,10H,8-9H2. The average molecular weight is 228 g/mol. The summed E-state index contributed by atoms with van der Waals surface area (Å²) < 4.78 is 7.21. The second-order valence-corrected chi connectivity index (χ2v) is 4.10. The summed E-state index contributed by atoms with van der Waals surface area (Å²) in [5.74, 6) is 1.16. The van der Waals surface area contributed by atoms with E-state index in [1.165, 1.54) is 11.8 Å². The highest BCUT2D eigenvalue weighted by atomic mass is 16.5. The van der Waals surface area contributed by atoms with Crippen molar-refractivity contribution in [1.82, 2.24) is 9.55 Å². The Bertz CT molecular complexity index is 592. The third-order valence-electron chi connectivity index (χ3n) is 3.00. The molecule has 1 aliphatic rings. The van der Waals surface area contributed by atoms with Crippen LogP contribution in [0.3, 0.4) is 0 Å². The van der Waals surface area contributed by atoms with Gasteiger partial charge >= 0.3 is 5.69 Å². The van der Waals surface area contributed by atoms with E-state index in [-0.39, 0.29) is 11.6 Å². The van der Waals surface area contributed by atoms with E-state index in [0.29, 0.717) is 13.2 Å². The molecule has 0 amide bonds. The lowest BCUT2D eigenvalue weighted by molar-refractivity contribution is 0.317. The van der Waals surface area contributed by atoms with Gasteiger partial charge in [-0.1, -0.05) is 18.2 Å². The molecule has 1 unspecified atom stereocenters. The molecular weight excluding hydrogens is 216 g/mol. The normalized spacial score (nSPS) is 17.5. The highest BCUT2D eigenvalue weighted by Crippen LogP contribution is 2.33. The summed E-state index contributed by atoms with van der Waals surface area (Å²) in [7, 11) is 0. The van der Waals surface area contributed by atoms with Crippen LogP contribution < -0.4 is 10.4 Å². The molecule has 17 heavy (non-hydrogen) atoms. The van der Waals surface area contributed by atoms with Crippen LogP contribution >= 0.6 is 0 Å². The fraction of sp³-hybridized carbons (Fsp3) is 0.231. The van der Waals surface area contributed by atoms with Crippen molar-refractivity contribution in [3.8, 4) is 5.75 Å². The summed E-state index contributed by atoms with van der Waals surface area (Å²) in [5.41, 5.74) is 0.958. The fourth-order valence-electron chi connectivity index (χ4n) is 2.14. The van der Waals surface area contributed by atoms with Gasteiger partial charge in [-0.05, 0) is 12.1 Å². The zero-order valence-electron chi connectivity index (χ0n) is 9.24. The number of fused-ring (bicyclic) bond motifs is 1. The second kappa shape index (κ2) is 4.05. The Morgan fingerprint density at radius 3 is 3.12 bits per heavy atom. The third kappa shape index (κ3) is 1.82. The first kappa shape index (κ1) is 10.1. The summed E-state index contributed by atoms with van der Waals surface area (Å²) in [6, 6.07) is 9.73. The van der Waals surface area contributed by atoms with Gasteiger partial charge in [0.1, 0.15) is 5.75 Å². The van der Waals surface area contributed by atoms with E-state index in [0.717, 1.165) is 5.75 Å². The molecule has 3 rings (SSSR count). The van der Waals surface area contributed by atoms with Crippen molar-refractivity contribution in [2.24, 2.45) is 0 Å². The van der Waals surface area contributed by atoms with Gasteiger partial charge in [-0.15, -0.1) is 0 Å². The first-order valence-electron chi connectivity index (χ1n) is 5.58. The zero-order valence-corrected chi connectivity index (χ0v) is 9.24. The molecule has 2 heterocycles. The molecule has 1 aliphatic heterocycles. The van der Waals surface area contributed by atoms with Crippen LogP contribution in [-0.4, -0.2) is 16.2 Å². The van der Waals surface area contributed by atoms with E-state index in [1.54, 1.807) is 16.8 Å². The minimum Gasteiger partial charge on any atom is -0.493 e. The highest BCUT2D eigenvalue weighted by molar-refractivity contribution is 5.39. The van der Waals surface area contributed by atoms with Crippen LogP contribution in [0, 0.1) is 0 Å². The summed E-state index contributed by atoms with van der Waals surface area (Å²) in [6.45, 7) is 1.24. The highest BCUT2D eigenvalue weighted by Gasteiger charge is 2.23. The molecule has 0 spiro atoms. The molecule has 0 N–H and O–H groups in total. The van der Waals surface area contributed by atoms with Crippen LogP contribution in [0.15, 0.2) is 47.5 Å². The van der Waals surface area contributed by atoms with Gasteiger partial charge in [0.15, 0.2) is 0 Å². The van der Waals surface area contributed by atoms with Gasteiger partial charge in [0.25, 0.3) is 0 Å². The average Bonchev–Trinajstić information content (AvgIpc) is 2.76. The maximum absolute atomic E-state index is 11.5. The van der Waals surface area contributed by atoms with Crippen LogP contribution in [0.25, 0.3) is 0 Å². The number of hydrogen-bond donors (Lipinski definition) is 0.